The van der Waals surface area contributed by atoms with Crippen LogP contribution in [0.5, 0.6) is 0 Å². The molecule has 0 spiro atoms. The van der Waals surface area contributed by atoms with E-state index in [-0.39, 0.29) is 12.1 Å². The first-order valence-corrected chi connectivity index (χ1v) is 11.4. The minimum Gasteiger partial charge on any atom is -0.462 e. The monoisotopic (exact) mass is 368 g/mol. The van der Waals surface area contributed by atoms with E-state index in [2.05, 4.69) is 13.8 Å². The molecule has 0 aromatic rings. The van der Waals surface area contributed by atoms with Gasteiger partial charge in [-0.05, 0) is 38.5 Å². The van der Waals surface area contributed by atoms with Crippen LogP contribution in [-0.4, -0.2) is 18.4 Å². The van der Waals surface area contributed by atoms with Gasteiger partial charge in [0.05, 0.1) is 0 Å². The van der Waals surface area contributed by atoms with Crippen LogP contribution in [0.3, 0.4) is 0 Å². The molecular weight excluding hydrogens is 324 g/mol. The molecule has 1 unspecified atom stereocenters. The molecule has 0 fully saturated rings. The van der Waals surface area contributed by atoms with Crippen molar-refractivity contribution < 1.29 is 14.3 Å². The lowest BCUT2D eigenvalue weighted by Gasteiger charge is -2.18. The Morgan fingerprint density at radius 3 is 1.77 bits per heavy atom. The number of ether oxygens (including phenoxy) is 1. The summed E-state index contributed by atoms with van der Waals surface area (Å²) in [5.74, 6) is -0.00854. The molecule has 26 heavy (non-hydrogen) atoms. The van der Waals surface area contributed by atoms with Gasteiger partial charge in [-0.15, -0.1) is 0 Å². The highest BCUT2D eigenvalue weighted by molar-refractivity contribution is 5.69. The standard InChI is InChI=1S/C23H44O3/c1-3-5-7-8-9-12-15-18-22(26-23(25)20-6-4-2)19-16-13-10-11-14-17-21-24/h21-22H,3-20H2,1-2H3. The van der Waals surface area contributed by atoms with E-state index in [0.717, 1.165) is 51.2 Å². The summed E-state index contributed by atoms with van der Waals surface area (Å²) in [6, 6.07) is 0. The third-order valence-corrected chi connectivity index (χ3v) is 5.01. The Morgan fingerprint density at radius 2 is 1.23 bits per heavy atom. The summed E-state index contributed by atoms with van der Waals surface area (Å²) in [6.07, 6.45) is 21.1. The van der Waals surface area contributed by atoms with E-state index in [1.54, 1.807) is 0 Å². The first-order valence-electron chi connectivity index (χ1n) is 11.4. The second-order valence-corrected chi connectivity index (χ2v) is 7.64. The van der Waals surface area contributed by atoms with Gasteiger partial charge in [0.1, 0.15) is 12.4 Å². The topological polar surface area (TPSA) is 43.4 Å². The van der Waals surface area contributed by atoms with E-state index in [1.807, 2.05) is 0 Å². The zero-order valence-electron chi connectivity index (χ0n) is 17.6. The lowest BCUT2D eigenvalue weighted by molar-refractivity contribution is -0.150. The summed E-state index contributed by atoms with van der Waals surface area (Å²) < 4.78 is 5.76. The van der Waals surface area contributed by atoms with Crippen LogP contribution in [0.2, 0.25) is 0 Å². The van der Waals surface area contributed by atoms with Crippen molar-refractivity contribution in [1.82, 2.24) is 0 Å². The number of carbonyl (C=O) groups is 2. The van der Waals surface area contributed by atoms with Crippen LogP contribution in [0.1, 0.15) is 129 Å². The van der Waals surface area contributed by atoms with Crippen molar-refractivity contribution in [2.24, 2.45) is 0 Å². The highest BCUT2D eigenvalue weighted by Gasteiger charge is 2.13. The van der Waals surface area contributed by atoms with Crippen LogP contribution < -0.4 is 0 Å². The second kappa shape index (κ2) is 20.5. The summed E-state index contributed by atoms with van der Waals surface area (Å²) in [5, 5.41) is 0. The van der Waals surface area contributed by atoms with Crippen molar-refractivity contribution in [2.75, 3.05) is 0 Å². The molecule has 0 amide bonds. The molecule has 0 aromatic heterocycles. The number of hydrogen-bond acceptors (Lipinski definition) is 3. The van der Waals surface area contributed by atoms with Crippen molar-refractivity contribution in [1.29, 1.82) is 0 Å². The van der Waals surface area contributed by atoms with E-state index >= 15 is 0 Å². The minimum absolute atomic E-state index is 0.00854. The van der Waals surface area contributed by atoms with Gasteiger partial charge in [-0.25, -0.2) is 0 Å². The van der Waals surface area contributed by atoms with E-state index < -0.39 is 0 Å². The van der Waals surface area contributed by atoms with E-state index in [0.29, 0.717) is 12.8 Å². The molecule has 0 radical (unpaired) electrons. The van der Waals surface area contributed by atoms with Crippen molar-refractivity contribution in [3.05, 3.63) is 0 Å². The van der Waals surface area contributed by atoms with Gasteiger partial charge < -0.3 is 9.53 Å². The average molecular weight is 369 g/mol. The first kappa shape index (κ1) is 25.1. The van der Waals surface area contributed by atoms with Crippen LogP contribution in [0.4, 0.5) is 0 Å². The van der Waals surface area contributed by atoms with Crippen molar-refractivity contribution >= 4 is 12.3 Å². The molecule has 0 rings (SSSR count). The van der Waals surface area contributed by atoms with Crippen LogP contribution >= 0.6 is 0 Å². The van der Waals surface area contributed by atoms with E-state index in [4.69, 9.17) is 4.74 Å². The predicted molar refractivity (Wildman–Crippen MR) is 110 cm³/mol. The number of esters is 1. The molecule has 0 N–H and O–H groups in total. The fraction of sp³-hybridized carbons (Fsp3) is 0.913. The van der Waals surface area contributed by atoms with Crippen LogP contribution in [0.25, 0.3) is 0 Å². The average Bonchev–Trinajstić information content (AvgIpc) is 2.64. The van der Waals surface area contributed by atoms with Crippen LogP contribution in [0.15, 0.2) is 0 Å². The first-order chi connectivity index (χ1) is 12.7. The molecule has 0 aliphatic carbocycles. The van der Waals surface area contributed by atoms with E-state index in [9.17, 15) is 9.59 Å². The van der Waals surface area contributed by atoms with Crippen molar-refractivity contribution in [2.45, 2.75) is 136 Å². The Bertz CT molecular complexity index is 315. The predicted octanol–water partition coefficient (Wildman–Crippen LogP) is 7.16. The van der Waals surface area contributed by atoms with Gasteiger partial charge in [0, 0.05) is 12.8 Å². The molecule has 0 aliphatic heterocycles. The number of unbranched alkanes of at least 4 members (excludes halogenated alkanes) is 12. The summed E-state index contributed by atoms with van der Waals surface area (Å²) in [6.45, 7) is 4.35. The fourth-order valence-corrected chi connectivity index (χ4v) is 3.29. The maximum atomic E-state index is 12.0. The van der Waals surface area contributed by atoms with Crippen molar-refractivity contribution in [3.8, 4) is 0 Å². The molecule has 3 nitrogen and oxygen atoms in total. The molecule has 1 atom stereocenters. The lowest BCUT2D eigenvalue weighted by Crippen LogP contribution is -2.18. The molecule has 0 aromatic carbocycles. The lowest BCUT2D eigenvalue weighted by atomic mass is 10.0. The summed E-state index contributed by atoms with van der Waals surface area (Å²) >= 11 is 0. The number of carbonyl (C=O) groups excluding carboxylic acids is 2. The van der Waals surface area contributed by atoms with Gasteiger partial charge in [-0.1, -0.05) is 78.1 Å². The second-order valence-electron chi connectivity index (χ2n) is 7.64. The van der Waals surface area contributed by atoms with Crippen LogP contribution in [0, 0.1) is 0 Å². The maximum Gasteiger partial charge on any atom is 0.306 e. The Morgan fingerprint density at radius 1 is 0.731 bits per heavy atom. The summed E-state index contributed by atoms with van der Waals surface area (Å²) in [5.41, 5.74) is 0. The Kier molecular flexibility index (Phi) is 19.8. The third-order valence-electron chi connectivity index (χ3n) is 5.01. The Balaban J connectivity index is 3.93. The minimum atomic E-state index is -0.00854. The molecule has 154 valence electrons. The number of rotatable bonds is 20. The van der Waals surface area contributed by atoms with Crippen molar-refractivity contribution in [3.63, 3.8) is 0 Å². The highest BCUT2D eigenvalue weighted by Crippen LogP contribution is 2.17. The van der Waals surface area contributed by atoms with Gasteiger partial charge in [0.15, 0.2) is 0 Å². The fourth-order valence-electron chi connectivity index (χ4n) is 3.29. The van der Waals surface area contributed by atoms with Gasteiger partial charge >= 0.3 is 5.97 Å². The molecule has 0 aliphatic rings. The van der Waals surface area contributed by atoms with Gasteiger partial charge in [-0.2, -0.15) is 0 Å². The van der Waals surface area contributed by atoms with Gasteiger partial charge in [0.2, 0.25) is 0 Å². The van der Waals surface area contributed by atoms with Crippen LogP contribution in [-0.2, 0) is 14.3 Å². The number of hydrogen-bond donors (Lipinski definition) is 0. The summed E-state index contributed by atoms with van der Waals surface area (Å²) in [4.78, 5) is 22.3. The normalized spacial score (nSPS) is 12.1. The molecule has 0 saturated carbocycles. The molecule has 0 heterocycles. The Labute approximate surface area is 162 Å². The zero-order chi connectivity index (χ0) is 19.3. The SMILES string of the molecule is CCCCCCCCCC(CCCCCCCC=O)OC(=O)CCCC. The smallest absolute Gasteiger partial charge is 0.306 e. The molecule has 0 saturated heterocycles. The largest absolute Gasteiger partial charge is 0.462 e. The van der Waals surface area contributed by atoms with E-state index in [1.165, 1.54) is 57.8 Å². The zero-order valence-corrected chi connectivity index (χ0v) is 17.6. The molecule has 0 bridgehead atoms. The third kappa shape index (κ3) is 17.9. The number of aldehydes is 1. The summed E-state index contributed by atoms with van der Waals surface area (Å²) in [7, 11) is 0. The van der Waals surface area contributed by atoms with Gasteiger partial charge in [0.25, 0.3) is 0 Å². The molecule has 3 heteroatoms. The molecular formula is C23H44O3. The maximum absolute atomic E-state index is 12.0. The van der Waals surface area contributed by atoms with Gasteiger partial charge in [-0.3, -0.25) is 4.79 Å². The Hall–Kier alpha value is -0.860. The highest BCUT2D eigenvalue weighted by atomic mass is 16.5. The quantitative estimate of drug-likeness (QED) is 0.130.